The van der Waals surface area contributed by atoms with Crippen LogP contribution in [0.1, 0.15) is 16.1 Å². The van der Waals surface area contributed by atoms with Crippen LogP contribution in [0, 0.1) is 12.7 Å². The van der Waals surface area contributed by atoms with Gasteiger partial charge in [0, 0.05) is 11.1 Å². The molecule has 5 heteroatoms. The number of carbonyl (C=O) groups is 1. The van der Waals surface area contributed by atoms with Crippen LogP contribution in [0.15, 0.2) is 29.6 Å². The first kappa shape index (κ1) is 10.8. The van der Waals surface area contributed by atoms with E-state index in [1.807, 2.05) is 0 Å². The number of hydrogen-bond acceptors (Lipinski definition) is 3. The van der Waals surface area contributed by atoms with E-state index in [9.17, 15) is 9.18 Å². The largest absolute Gasteiger partial charge is 0.322 e. The summed E-state index contributed by atoms with van der Waals surface area (Å²) in [6.07, 6.45) is 0. The van der Waals surface area contributed by atoms with Crippen molar-refractivity contribution in [2.45, 2.75) is 6.92 Å². The van der Waals surface area contributed by atoms with Crippen LogP contribution in [-0.4, -0.2) is 10.3 Å². The number of aromatic nitrogens is 1. The molecule has 0 bridgehead atoms. The molecule has 1 aromatic heterocycles. The molecule has 0 spiro atoms. The highest BCUT2D eigenvalue weighted by atomic mass is 32.1. The Kier molecular flexibility index (Phi) is 2.96. The first-order chi connectivity index (χ1) is 7.66. The minimum absolute atomic E-state index is 0.224. The van der Waals surface area contributed by atoms with E-state index >= 15 is 0 Å². The Morgan fingerprint density at radius 2 is 2.06 bits per heavy atom. The second-order valence-corrected chi connectivity index (χ2v) is 3.90. The first-order valence-electron chi connectivity index (χ1n) is 4.65. The molecule has 0 atom stereocenters. The molecule has 0 aliphatic heterocycles. The molecule has 82 valence electrons. The van der Waals surface area contributed by atoms with Gasteiger partial charge in [-0.1, -0.05) is 0 Å². The molecule has 2 rings (SSSR count). The van der Waals surface area contributed by atoms with E-state index in [1.54, 1.807) is 12.3 Å². The van der Waals surface area contributed by atoms with Crippen LogP contribution >= 0.6 is 11.5 Å². The van der Waals surface area contributed by atoms with Crippen molar-refractivity contribution in [1.29, 1.82) is 0 Å². The molecule has 1 heterocycles. The molecule has 1 amide bonds. The van der Waals surface area contributed by atoms with Gasteiger partial charge in [-0.2, -0.15) is 4.37 Å². The van der Waals surface area contributed by atoms with E-state index in [0.717, 1.165) is 0 Å². The van der Waals surface area contributed by atoms with Crippen molar-refractivity contribution in [3.8, 4) is 0 Å². The lowest BCUT2D eigenvalue weighted by molar-refractivity contribution is 0.102. The molecule has 0 fully saturated rings. The van der Waals surface area contributed by atoms with E-state index in [-0.39, 0.29) is 11.7 Å². The molecule has 16 heavy (non-hydrogen) atoms. The van der Waals surface area contributed by atoms with Crippen LogP contribution in [0.2, 0.25) is 0 Å². The number of halogens is 1. The smallest absolute Gasteiger partial charge is 0.258 e. The summed E-state index contributed by atoms with van der Waals surface area (Å²) in [5, 5.41) is 4.36. The van der Waals surface area contributed by atoms with E-state index in [2.05, 4.69) is 9.69 Å². The quantitative estimate of drug-likeness (QED) is 0.871. The molecular weight excluding hydrogens is 227 g/mol. The average molecular weight is 236 g/mol. The molecule has 0 aliphatic carbocycles. The molecule has 3 nitrogen and oxygen atoms in total. The Morgan fingerprint density at radius 1 is 1.38 bits per heavy atom. The summed E-state index contributed by atoms with van der Waals surface area (Å²) in [6.45, 7) is 1.77. The third-order valence-electron chi connectivity index (χ3n) is 2.10. The Bertz CT molecular complexity index is 507. The van der Waals surface area contributed by atoms with Gasteiger partial charge in [-0.3, -0.25) is 4.79 Å². The Balaban J connectivity index is 2.14. The van der Waals surface area contributed by atoms with Crippen molar-refractivity contribution >= 4 is 23.1 Å². The lowest BCUT2D eigenvalue weighted by Crippen LogP contribution is -2.12. The third-order valence-corrected chi connectivity index (χ3v) is 2.82. The number of benzene rings is 1. The number of nitrogens with zero attached hydrogens (tertiary/aromatic N) is 1. The maximum Gasteiger partial charge on any atom is 0.258 e. The van der Waals surface area contributed by atoms with Gasteiger partial charge < -0.3 is 5.32 Å². The van der Waals surface area contributed by atoms with Crippen LogP contribution in [0.4, 0.5) is 10.1 Å². The number of carbonyl (C=O) groups excluding carboxylic acids is 1. The van der Waals surface area contributed by atoms with Crippen molar-refractivity contribution in [1.82, 2.24) is 4.37 Å². The van der Waals surface area contributed by atoms with Crippen LogP contribution in [0.3, 0.4) is 0 Å². The van der Waals surface area contributed by atoms with Gasteiger partial charge in [-0.25, -0.2) is 4.39 Å². The highest BCUT2D eigenvalue weighted by Gasteiger charge is 2.10. The highest BCUT2D eigenvalue weighted by molar-refractivity contribution is 7.04. The summed E-state index contributed by atoms with van der Waals surface area (Å²) in [6, 6.07) is 5.63. The minimum Gasteiger partial charge on any atom is -0.322 e. The first-order valence-corrected chi connectivity index (χ1v) is 5.48. The topological polar surface area (TPSA) is 42.0 Å². The molecular formula is C11H9FN2OS. The number of rotatable bonds is 2. The normalized spacial score (nSPS) is 10.1. The SMILES string of the molecule is Cc1nscc1C(=O)Nc1ccc(F)cc1. The Hall–Kier alpha value is -1.75. The molecule has 2 aromatic rings. The Labute approximate surface area is 96.1 Å². The molecule has 0 saturated heterocycles. The summed E-state index contributed by atoms with van der Waals surface area (Å²) >= 11 is 1.24. The van der Waals surface area contributed by atoms with Crippen LogP contribution in [0.5, 0.6) is 0 Å². The van der Waals surface area contributed by atoms with Gasteiger partial charge in [-0.05, 0) is 42.7 Å². The van der Waals surface area contributed by atoms with Crippen molar-refractivity contribution in [3.63, 3.8) is 0 Å². The maximum atomic E-state index is 12.6. The van der Waals surface area contributed by atoms with Crippen LogP contribution in [0.25, 0.3) is 0 Å². The fourth-order valence-electron chi connectivity index (χ4n) is 1.24. The van der Waals surface area contributed by atoms with Crippen LogP contribution in [-0.2, 0) is 0 Å². The van der Waals surface area contributed by atoms with Gasteiger partial charge in [0.1, 0.15) is 5.82 Å². The second kappa shape index (κ2) is 4.40. The molecule has 0 aliphatic rings. The molecule has 0 unspecified atom stereocenters. The van der Waals surface area contributed by atoms with Gasteiger partial charge in [0.2, 0.25) is 0 Å². The van der Waals surface area contributed by atoms with Crippen LogP contribution < -0.4 is 5.32 Å². The summed E-state index contributed by atoms with van der Waals surface area (Å²) < 4.78 is 16.7. The second-order valence-electron chi connectivity index (χ2n) is 3.27. The van der Waals surface area contributed by atoms with Crippen molar-refractivity contribution in [3.05, 3.63) is 46.7 Å². The molecule has 0 radical (unpaired) electrons. The lowest BCUT2D eigenvalue weighted by atomic mass is 10.2. The number of hydrogen-bond donors (Lipinski definition) is 1. The van der Waals surface area contributed by atoms with E-state index in [4.69, 9.17) is 0 Å². The van der Waals surface area contributed by atoms with Gasteiger partial charge in [-0.15, -0.1) is 0 Å². The van der Waals surface area contributed by atoms with Crippen molar-refractivity contribution < 1.29 is 9.18 Å². The standard InChI is InChI=1S/C11H9FN2OS/c1-7-10(6-16-14-7)11(15)13-9-4-2-8(12)3-5-9/h2-6H,1H3,(H,13,15). The summed E-state index contributed by atoms with van der Waals surface area (Å²) in [7, 11) is 0. The van der Waals surface area contributed by atoms with E-state index < -0.39 is 0 Å². The predicted octanol–water partition coefficient (Wildman–Crippen LogP) is 2.84. The number of aryl methyl sites for hydroxylation is 1. The predicted molar refractivity (Wildman–Crippen MR) is 61.2 cm³/mol. The average Bonchev–Trinajstić information content (AvgIpc) is 2.68. The zero-order valence-electron chi connectivity index (χ0n) is 8.53. The lowest BCUT2D eigenvalue weighted by Gasteiger charge is -2.03. The highest BCUT2D eigenvalue weighted by Crippen LogP contribution is 2.13. The fourth-order valence-corrected chi connectivity index (χ4v) is 1.93. The fraction of sp³-hybridized carbons (Fsp3) is 0.0909. The Morgan fingerprint density at radius 3 is 2.62 bits per heavy atom. The van der Waals surface area contributed by atoms with Gasteiger partial charge in [0.05, 0.1) is 11.3 Å². The van der Waals surface area contributed by atoms with E-state index in [0.29, 0.717) is 16.9 Å². The monoisotopic (exact) mass is 236 g/mol. The minimum atomic E-state index is -0.327. The molecule has 1 aromatic carbocycles. The summed E-state index contributed by atoms with van der Waals surface area (Å²) in [5.74, 6) is -0.552. The van der Waals surface area contributed by atoms with E-state index in [1.165, 1.54) is 35.8 Å². The van der Waals surface area contributed by atoms with Gasteiger partial charge in [0.15, 0.2) is 0 Å². The number of nitrogens with one attached hydrogen (secondary N) is 1. The molecule has 0 saturated carbocycles. The summed E-state index contributed by atoms with van der Waals surface area (Å²) in [5.41, 5.74) is 1.82. The number of amides is 1. The zero-order chi connectivity index (χ0) is 11.5. The maximum absolute atomic E-state index is 12.6. The van der Waals surface area contributed by atoms with Gasteiger partial charge in [0.25, 0.3) is 5.91 Å². The van der Waals surface area contributed by atoms with Crippen molar-refractivity contribution in [2.75, 3.05) is 5.32 Å². The number of anilines is 1. The van der Waals surface area contributed by atoms with Gasteiger partial charge >= 0.3 is 0 Å². The summed E-state index contributed by atoms with van der Waals surface area (Å²) in [4.78, 5) is 11.7. The molecule has 1 N–H and O–H groups in total. The van der Waals surface area contributed by atoms with Crippen molar-refractivity contribution in [2.24, 2.45) is 0 Å². The third kappa shape index (κ3) is 2.25. The zero-order valence-corrected chi connectivity index (χ0v) is 9.34.